The Bertz CT molecular complexity index is 645. The third-order valence-electron chi connectivity index (χ3n) is 3.02. The Balaban J connectivity index is 2.27. The summed E-state index contributed by atoms with van der Waals surface area (Å²) in [5, 5.41) is 12.5. The van der Waals surface area contributed by atoms with Gasteiger partial charge in [-0.1, -0.05) is 6.07 Å². The molecule has 5 nitrogen and oxygen atoms in total. The number of anilines is 1. The number of aromatic hydroxyl groups is 1. The van der Waals surface area contributed by atoms with Gasteiger partial charge >= 0.3 is 0 Å². The molecule has 2 aromatic rings. The van der Waals surface area contributed by atoms with Gasteiger partial charge in [0.1, 0.15) is 17.2 Å². The molecule has 0 aliphatic carbocycles. The summed E-state index contributed by atoms with van der Waals surface area (Å²) in [4.78, 5) is 12.3. The molecular formula is C16H17NO4. The molecule has 5 heteroatoms. The predicted octanol–water partition coefficient (Wildman–Crippen LogP) is 2.97. The fourth-order valence-electron chi connectivity index (χ4n) is 1.88. The van der Waals surface area contributed by atoms with Crippen LogP contribution in [0, 0.1) is 6.92 Å². The topological polar surface area (TPSA) is 67.8 Å². The van der Waals surface area contributed by atoms with E-state index >= 15 is 0 Å². The minimum atomic E-state index is -0.355. The molecular weight excluding hydrogens is 270 g/mol. The van der Waals surface area contributed by atoms with Crippen LogP contribution in [-0.4, -0.2) is 25.2 Å². The largest absolute Gasteiger partial charge is 0.506 e. The molecule has 0 aliphatic rings. The first-order valence-corrected chi connectivity index (χ1v) is 6.37. The Morgan fingerprint density at radius 3 is 2.19 bits per heavy atom. The number of amides is 1. The highest BCUT2D eigenvalue weighted by Crippen LogP contribution is 2.26. The lowest BCUT2D eigenvalue weighted by Crippen LogP contribution is -2.12. The van der Waals surface area contributed by atoms with E-state index in [1.165, 1.54) is 14.2 Å². The number of carbonyl (C=O) groups is 1. The van der Waals surface area contributed by atoms with E-state index in [2.05, 4.69) is 5.32 Å². The number of nitrogens with one attached hydrogen (secondary N) is 1. The zero-order valence-corrected chi connectivity index (χ0v) is 12.1. The lowest BCUT2D eigenvalue weighted by atomic mass is 10.1. The van der Waals surface area contributed by atoms with Gasteiger partial charge in [0, 0.05) is 11.6 Å². The summed E-state index contributed by atoms with van der Waals surface area (Å²) in [6.45, 7) is 1.86. The van der Waals surface area contributed by atoms with E-state index in [4.69, 9.17) is 9.47 Å². The van der Waals surface area contributed by atoms with Crippen molar-refractivity contribution in [2.75, 3.05) is 19.5 Å². The molecule has 0 saturated carbocycles. The van der Waals surface area contributed by atoms with E-state index in [0.717, 1.165) is 5.56 Å². The second-order valence-electron chi connectivity index (χ2n) is 4.58. The van der Waals surface area contributed by atoms with Crippen molar-refractivity contribution >= 4 is 11.6 Å². The SMILES string of the molecule is COc1cc(OC)cc(C(=O)Nc2ccc(C)cc2O)c1. The molecule has 0 spiro atoms. The van der Waals surface area contributed by atoms with Gasteiger partial charge in [-0.3, -0.25) is 4.79 Å². The van der Waals surface area contributed by atoms with Crippen LogP contribution in [0.15, 0.2) is 36.4 Å². The third-order valence-corrected chi connectivity index (χ3v) is 3.02. The molecule has 2 aromatic carbocycles. The van der Waals surface area contributed by atoms with Crippen LogP contribution in [0.5, 0.6) is 17.2 Å². The second kappa shape index (κ2) is 6.17. The molecule has 0 bridgehead atoms. The Hall–Kier alpha value is -2.69. The second-order valence-corrected chi connectivity index (χ2v) is 4.58. The Morgan fingerprint density at radius 1 is 1.05 bits per heavy atom. The number of methoxy groups -OCH3 is 2. The zero-order valence-electron chi connectivity index (χ0n) is 12.1. The third kappa shape index (κ3) is 3.45. The fourth-order valence-corrected chi connectivity index (χ4v) is 1.88. The summed E-state index contributed by atoms with van der Waals surface area (Å²) < 4.78 is 10.3. The molecule has 2 N–H and O–H groups in total. The van der Waals surface area contributed by atoms with Gasteiger partial charge in [0.2, 0.25) is 0 Å². The summed E-state index contributed by atoms with van der Waals surface area (Å²) in [5.74, 6) is 0.713. The first-order valence-electron chi connectivity index (χ1n) is 6.37. The minimum Gasteiger partial charge on any atom is -0.506 e. The number of phenolic OH excluding ortho intramolecular Hbond substituents is 1. The van der Waals surface area contributed by atoms with E-state index in [0.29, 0.717) is 22.7 Å². The van der Waals surface area contributed by atoms with Crippen LogP contribution < -0.4 is 14.8 Å². The monoisotopic (exact) mass is 287 g/mol. The molecule has 0 aliphatic heterocycles. The van der Waals surface area contributed by atoms with E-state index in [1.54, 1.807) is 30.3 Å². The van der Waals surface area contributed by atoms with Crippen molar-refractivity contribution in [3.8, 4) is 17.2 Å². The molecule has 1 amide bonds. The summed E-state index contributed by atoms with van der Waals surface area (Å²) in [6.07, 6.45) is 0. The van der Waals surface area contributed by atoms with Crippen LogP contribution in [0.1, 0.15) is 15.9 Å². The van der Waals surface area contributed by atoms with Crippen molar-refractivity contribution in [3.05, 3.63) is 47.5 Å². The molecule has 0 heterocycles. The summed E-state index contributed by atoms with van der Waals surface area (Å²) in [6, 6.07) is 9.93. The number of hydrogen-bond donors (Lipinski definition) is 2. The van der Waals surface area contributed by atoms with Crippen molar-refractivity contribution < 1.29 is 19.4 Å². The van der Waals surface area contributed by atoms with Crippen molar-refractivity contribution in [1.29, 1.82) is 0 Å². The number of ether oxygens (including phenoxy) is 2. The number of hydrogen-bond acceptors (Lipinski definition) is 4. The first kappa shape index (κ1) is 14.7. The standard InChI is InChI=1S/C16H17NO4/c1-10-4-5-14(15(18)6-10)17-16(19)11-7-12(20-2)9-13(8-11)21-3/h4-9,18H,1-3H3,(H,17,19). The molecule has 0 atom stereocenters. The maximum absolute atomic E-state index is 12.3. The van der Waals surface area contributed by atoms with Crippen molar-refractivity contribution in [1.82, 2.24) is 0 Å². The lowest BCUT2D eigenvalue weighted by Gasteiger charge is -2.10. The predicted molar refractivity (Wildman–Crippen MR) is 80.3 cm³/mol. The van der Waals surface area contributed by atoms with Crippen LogP contribution in [0.2, 0.25) is 0 Å². The Kier molecular flexibility index (Phi) is 4.33. The molecule has 0 radical (unpaired) electrons. The van der Waals surface area contributed by atoms with E-state index in [-0.39, 0.29) is 11.7 Å². The summed E-state index contributed by atoms with van der Waals surface area (Å²) in [7, 11) is 3.03. The molecule has 0 saturated heterocycles. The average Bonchev–Trinajstić information content (AvgIpc) is 2.49. The number of phenols is 1. The van der Waals surface area contributed by atoms with E-state index < -0.39 is 0 Å². The number of carbonyl (C=O) groups excluding carboxylic acids is 1. The van der Waals surface area contributed by atoms with Gasteiger partial charge < -0.3 is 19.9 Å². The van der Waals surface area contributed by atoms with Crippen molar-refractivity contribution in [2.24, 2.45) is 0 Å². The summed E-state index contributed by atoms with van der Waals surface area (Å²) in [5.41, 5.74) is 1.65. The van der Waals surface area contributed by atoms with Gasteiger partial charge in [-0.25, -0.2) is 0 Å². The van der Waals surface area contributed by atoms with Gasteiger partial charge in [0.25, 0.3) is 5.91 Å². The number of rotatable bonds is 4. The van der Waals surface area contributed by atoms with Crippen LogP contribution in [0.4, 0.5) is 5.69 Å². The van der Waals surface area contributed by atoms with Crippen molar-refractivity contribution in [3.63, 3.8) is 0 Å². The average molecular weight is 287 g/mol. The highest BCUT2D eigenvalue weighted by Gasteiger charge is 2.12. The maximum atomic E-state index is 12.3. The number of benzene rings is 2. The molecule has 2 rings (SSSR count). The number of aryl methyl sites for hydroxylation is 1. The quantitative estimate of drug-likeness (QED) is 0.848. The van der Waals surface area contributed by atoms with Gasteiger partial charge in [-0.05, 0) is 36.8 Å². The highest BCUT2D eigenvalue weighted by molar-refractivity contribution is 6.05. The molecule has 0 fully saturated rings. The lowest BCUT2D eigenvalue weighted by molar-refractivity contribution is 0.102. The van der Waals surface area contributed by atoms with E-state index in [9.17, 15) is 9.90 Å². The summed E-state index contributed by atoms with van der Waals surface area (Å²) >= 11 is 0. The van der Waals surface area contributed by atoms with Gasteiger partial charge in [0.05, 0.1) is 19.9 Å². The Morgan fingerprint density at radius 2 is 1.67 bits per heavy atom. The van der Waals surface area contributed by atoms with Crippen LogP contribution >= 0.6 is 0 Å². The molecule has 110 valence electrons. The van der Waals surface area contributed by atoms with Gasteiger partial charge in [-0.2, -0.15) is 0 Å². The van der Waals surface area contributed by atoms with Crippen LogP contribution in [0.25, 0.3) is 0 Å². The zero-order chi connectivity index (χ0) is 15.4. The molecule has 0 aromatic heterocycles. The smallest absolute Gasteiger partial charge is 0.256 e. The maximum Gasteiger partial charge on any atom is 0.256 e. The Labute approximate surface area is 123 Å². The molecule has 21 heavy (non-hydrogen) atoms. The highest BCUT2D eigenvalue weighted by atomic mass is 16.5. The molecule has 0 unspecified atom stereocenters. The van der Waals surface area contributed by atoms with Crippen LogP contribution in [0.3, 0.4) is 0 Å². The van der Waals surface area contributed by atoms with Crippen molar-refractivity contribution in [2.45, 2.75) is 6.92 Å². The van der Waals surface area contributed by atoms with Gasteiger partial charge in [0.15, 0.2) is 0 Å². The van der Waals surface area contributed by atoms with Gasteiger partial charge in [-0.15, -0.1) is 0 Å². The minimum absolute atomic E-state index is 0.0261. The first-order chi connectivity index (χ1) is 10.0. The van der Waals surface area contributed by atoms with E-state index in [1.807, 2.05) is 13.0 Å². The normalized spacial score (nSPS) is 10.0. The fraction of sp³-hybridized carbons (Fsp3) is 0.188. The van der Waals surface area contributed by atoms with Crippen LogP contribution in [-0.2, 0) is 0 Å².